The van der Waals surface area contributed by atoms with Crippen molar-refractivity contribution in [2.24, 2.45) is 0 Å². The van der Waals surface area contributed by atoms with Gasteiger partial charge in [0, 0.05) is 18.2 Å². The highest BCUT2D eigenvalue weighted by molar-refractivity contribution is 5.95. The summed E-state index contributed by atoms with van der Waals surface area (Å²) in [5.41, 5.74) is 0.307. The summed E-state index contributed by atoms with van der Waals surface area (Å²) in [6, 6.07) is 4.85. The Bertz CT molecular complexity index is 691. The molecule has 0 fully saturated rings. The molecule has 9 nitrogen and oxygen atoms in total. The number of aromatic nitrogens is 2. The molecule has 1 aromatic heterocycles. The predicted octanol–water partition coefficient (Wildman–Crippen LogP) is 1.24. The predicted molar refractivity (Wildman–Crippen MR) is 80.8 cm³/mol. The van der Waals surface area contributed by atoms with E-state index in [0.29, 0.717) is 23.6 Å². The zero-order valence-electron chi connectivity index (χ0n) is 12.7. The summed E-state index contributed by atoms with van der Waals surface area (Å²) in [5, 5.41) is 17.1. The van der Waals surface area contributed by atoms with Gasteiger partial charge in [0.2, 0.25) is 0 Å². The molecule has 1 N–H and O–H groups in total. The van der Waals surface area contributed by atoms with Gasteiger partial charge < -0.3 is 14.8 Å². The Balaban J connectivity index is 1.95. The minimum atomic E-state index is -0.523. The zero-order chi connectivity index (χ0) is 16.8. The van der Waals surface area contributed by atoms with Gasteiger partial charge in [-0.1, -0.05) is 0 Å². The highest BCUT2D eigenvalue weighted by Gasteiger charge is 2.11. The molecular formula is C14H16N4O5. The van der Waals surface area contributed by atoms with Gasteiger partial charge in [-0.3, -0.25) is 19.6 Å². The highest BCUT2D eigenvalue weighted by Crippen LogP contribution is 2.22. The first kappa shape index (κ1) is 16.3. The molecule has 122 valence electrons. The Labute approximate surface area is 132 Å². The number of rotatable bonds is 7. The number of carbonyl (C=O) groups is 1. The molecule has 1 heterocycles. The van der Waals surface area contributed by atoms with E-state index in [1.165, 1.54) is 25.1 Å². The van der Waals surface area contributed by atoms with E-state index in [4.69, 9.17) is 9.47 Å². The first-order valence-corrected chi connectivity index (χ1v) is 6.71. The Morgan fingerprint density at radius 1 is 1.30 bits per heavy atom. The number of hydrogen-bond donors (Lipinski definition) is 1. The van der Waals surface area contributed by atoms with Crippen LogP contribution in [0.2, 0.25) is 0 Å². The second-order valence-electron chi connectivity index (χ2n) is 4.58. The number of carbonyl (C=O) groups excluding carboxylic acids is 1. The molecule has 0 radical (unpaired) electrons. The van der Waals surface area contributed by atoms with Crippen LogP contribution in [0, 0.1) is 10.1 Å². The van der Waals surface area contributed by atoms with Crippen molar-refractivity contribution in [3.8, 4) is 11.5 Å². The lowest BCUT2D eigenvalue weighted by molar-refractivity contribution is -0.385. The van der Waals surface area contributed by atoms with Crippen LogP contribution in [0.4, 0.5) is 5.69 Å². The summed E-state index contributed by atoms with van der Waals surface area (Å²) in [6.45, 7) is 0.595. The molecular weight excluding hydrogens is 304 g/mol. The number of hydrogen-bond acceptors (Lipinski definition) is 6. The molecule has 0 saturated carbocycles. The van der Waals surface area contributed by atoms with E-state index in [1.807, 2.05) is 0 Å². The third-order valence-corrected chi connectivity index (χ3v) is 3.07. The molecule has 0 atom stereocenters. The van der Waals surface area contributed by atoms with Crippen LogP contribution >= 0.6 is 0 Å². The molecule has 1 amide bonds. The Kier molecular flexibility index (Phi) is 5.13. The normalized spacial score (nSPS) is 10.2. The molecule has 0 aliphatic carbocycles. The van der Waals surface area contributed by atoms with E-state index >= 15 is 0 Å². The lowest BCUT2D eigenvalue weighted by Crippen LogP contribution is -2.27. The first-order chi connectivity index (χ1) is 11.0. The summed E-state index contributed by atoms with van der Waals surface area (Å²) >= 11 is 0. The van der Waals surface area contributed by atoms with Gasteiger partial charge in [-0.15, -0.1) is 0 Å². The van der Waals surface area contributed by atoms with Gasteiger partial charge in [0.25, 0.3) is 5.91 Å². The molecule has 1 aromatic carbocycles. The summed E-state index contributed by atoms with van der Waals surface area (Å²) < 4.78 is 11.6. The molecule has 0 aliphatic heterocycles. The number of benzene rings is 1. The molecule has 0 unspecified atom stereocenters. The summed E-state index contributed by atoms with van der Waals surface area (Å²) in [5.74, 6) is 0.721. The monoisotopic (exact) mass is 320 g/mol. The summed E-state index contributed by atoms with van der Waals surface area (Å²) in [6.07, 6.45) is 2.47. The van der Waals surface area contributed by atoms with Gasteiger partial charge in [0.1, 0.15) is 23.9 Å². The fraction of sp³-hybridized carbons (Fsp3) is 0.286. The number of methoxy groups -OCH3 is 2. The van der Waals surface area contributed by atoms with Gasteiger partial charge in [-0.05, 0) is 12.1 Å². The average Bonchev–Trinajstić information content (AvgIpc) is 3.03. The maximum absolute atomic E-state index is 12.1. The van der Waals surface area contributed by atoms with Gasteiger partial charge in [-0.25, -0.2) is 0 Å². The van der Waals surface area contributed by atoms with Crippen LogP contribution in [0.25, 0.3) is 0 Å². The van der Waals surface area contributed by atoms with E-state index in [-0.39, 0.29) is 18.1 Å². The molecule has 23 heavy (non-hydrogen) atoms. The Hall–Kier alpha value is -3.10. The minimum absolute atomic E-state index is 0.0890. The molecule has 0 aliphatic rings. The average molecular weight is 320 g/mol. The number of nitro groups is 1. The number of ether oxygens (including phenoxy) is 2. The van der Waals surface area contributed by atoms with E-state index in [2.05, 4.69) is 10.4 Å². The molecule has 9 heteroatoms. The van der Waals surface area contributed by atoms with Crippen molar-refractivity contribution in [2.75, 3.05) is 20.8 Å². The fourth-order valence-electron chi connectivity index (χ4n) is 1.89. The summed E-state index contributed by atoms with van der Waals surface area (Å²) in [4.78, 5) is 22.2. The quantitative estimate of drug-likeness (QED) is 0.607. The third-order valence-electron chi connectivity index (χ3n) is 3.07. The van der Waals surface area contributed by atoms with E-state index in [9.17, 15) is 14.9 Å². The van der Waals surface area contributed by atoms with Crippen molar-refractivity contribution in [1.29, 1.82) is 0 Å². The van der Waals surface area contributed by atoms with Crippen LogP contribution < -0.4 is 14.8 Å². The molecule has 2 rings (SSSR count). The zero-order valence-corrected chi connectivity index (χ0v) is 12.7. The second kappa shape index (κ2) is 7.25. The Morgan fingerprint density at radius 2 is 1.96 bits per heavy atom. The Morgan fingerprint density at radius 3 is 2.48 bits per heavy atom. The van der Waals surface area contributed by atoms with Crippen LogP contribution in [0.5, 0.6) is 11.5 Å². The minimum Gasteiger partial charge on any atom is -0.497 e. The maximum atomic E-state index is 12.1. The maximum Gasteiger partial charge on any atom is 0.306 e. The van der Waals surface area contributed by atoms with E-state index in [0.717, 1.165) is 6.20 Å². The molecule has 0 saturated heterocycles. The number of nitrogens with one attached hydrogen (secondary N) is 1. The third kappa shape index (κ3) is 4.19. The standard InChI is InChI=1S/C14H16N4O5/c1-22-12-5-10(6-13(7-12)23-2)14(19)15-3-4-17-9-11(8-16-17)18(20)21/h5-9H,3-4H2,1-2H3,(H,15,19). The van der Waals surface area contributed by atoms with E-state index in [1.54, 1.807) is 18.2 Å². The topological polar surface area (TPSA) is 109 Å². The van der Waals surface area contributed by atoms with Gasteiger partial charge >= 0.3 is 5.69 Å². The van der Waals surface area contributed by atoms with Crippen LogP contribution in [-0.2, 0) is 6.54 Å². The number of amides is 1. The molecule has 2 aromatic rings. The van der Waals surface area contributed by atoms with Gasteiger partial charge in [0.15, 0.2) is 0 Å². The second-order valence-corrected chi connectivity index (χ2v) is 4.58. The molecule has 0 spiro atoms. The van der Waals surface area contributed by atoms with Crippen LogP contribution in [0.15, 0.2) is 30.6 Å². The fourth-order valence-corrected chi connectivity index (χ4v) is 1.89. The SMILES string of the molecule is COc1cc(OC)cc(C(=O)NCCn2cc([N+](=O)[O-])cn2)c1. The van der Waals surface area contributed by atoms with Gasteiger partial charge in [-0.2, -0.15) is 5.10 Å². The smallest absolute Gasteiger partial charge is 0.306 e. The van der Waals surface area contributed by atoms with Crippen LogP contribution in [0.1, 0.15) is 10.4 Å². The van der Waals surface area contributed by atoms with Crippen molar-refractivity contribution < 1.29 is 19.2 Å². The number of nitrogens with zero attached hydrogens (tertiary/aromatic N) is 3. The van der Waals surface area contributed by atoms with Crippen molar-refractivity contribution in [3.05, 3.63) is 46.3 Å². The van der Waals surface area contributed by atoms with Gasteiger partial charge in [0.05, 0.1) is 25.7 Å². The molecule has 0 bridgehead atoms. The van der Waals surface area contributed by atoms with Crippen molar-refractivity contribution >= 4 is 11.6 Å². The van der Waals surface area contributed by atoms with E-state index < -0.39 is 4.92 Å². The highest BCUT2D eigenvalue weighted by atomic mass is 16.6. The first-order valence-electron chi connectivity index (χ1n) is 6.71. The van der Waals surface area contributed by atoms with Crippen molar-refractivity contribution in [1.82, 2.24) is 15.1 Å². The van der Waals surface area contributed by atoms with Crippen LogP contribution in [0.3, 0.4) is 0 Å². The summed E-state index contributed by atoms with van der Waals surface area (Å²) in [7, 11) is 3.00. The van der Waals surface area contributed by atoms with Crippen LogP contribution in [-0.4, -0.2) is 41.4 Å². The van der Waals surface area contributed by atoms with Crippen molar-refractivity contribution in [3.63, 3.8) is 0 Å². The lowest BCUT2D eigenvalue weighted by Gasteiger charge is -2.09. The largest absolute Gasteiger partial charge is 0.497 e. The lowest BCUT2D eigenvalue weighted by atomic mass is 10.2. The van der Waals surface area contributed by atoms with Crippen molar-refractivity contribution in [2.45, 2.75) is 6.54 Å².